The van der Waals surface area contributed by atoms with Crippen LogP contribution in [0.25, 0.3) is 0 Å². The lowest BCUT2D eigenvalue weighted by atomic mass is 9.99. The molecule has 6 nitrogen and oxygen atoms in total. The Labute approximate surface area is 158 Å². The van der Waals surface area contributed by atoms with Crippen molar-refractivity contribution < 1.29 is 28.4 Å². The molecule has 0 aromatic heterocycles. The summed E-state index contributed by atoms with van der Waals surface area (Å²) < 4.78 is 36.0. The predicted molar refractivity (Wildman–Crippen MR) is 93.6 cm³/mol. The van der Waals surface area contributed by atoms with Gasteiger partial charge in [-0.05, 0) is 39.3 Å². The molecular weight excluding hydrogens is 360 g/mol. The summed E-state index contributed by atoms with van der Waals surface area (Å²) in [6, 6.07) is 7.62. The lowest BCUT2D eigenvalue weighted by Gasteiger charge is -2.37. The molecular formula is C19H25ClO6. The van der Waals surface area contributed by atoms with Gasteiger partial charge < -0.3 is 28.4 Å². The Hall–Kier alpha value is -0.730. The molecule has 0 aliphatic carbocycles. The first-order chi connectivity index (χ1) is 12.2. The summed E-state index contributed by atoms with van der Waals surface area (Å²) in [5.41, 5.74) is 0.935. The Bertz CT molecular complexity index is 663. The van der Waals surface area contributed by atoms with Crippen molar-refractivity contribution in [2.75, 3.05) is 6.61 Å². The molecule has 0 amide bonds. The van der Waals surface area contributed by atoms with E-state index in [2.05, 4.69) is 0 Å². The van der Waals surface area contributed by atoms with E-state index in [1.165, 1.54) is 0 Å². The van der Waals surface area contributed by atoms with E-state index in [0.29, 0.717) is 18.2 Å². The summed E-state index contributed by atoms with van der Waals surface area (Å²) in [7, 11) is 0. The quantitative estimate of drug-likeness (QED) is 0.794. The van der Waals surface area contributed by atoms with E-state index in [1.807, 2.05) is 52.0 Å². The monoisotopic (exact) mass is 384 g/mol. The average molecular weight is 385 g/mol. The molecule has 0 bridgehead atoms. The number of halogens is 1. The summed E-state index contributed by atoms with van der Waals surface area (Å²) in [5.74, 6) is -1.42. The summed E-state index contributed by atoms with van der Waals surface area (Å²) in [6.45, 7) is 8.27. The molecule has 3 aliphatic heterocycles. The third-order valence-electron chi connectivity index (χ3n) is 4.75. The Kier molecular flexibility index (Phi) is 4.80. The van der Waals surface area contributed by atoms with E-state index in [9.17, 15) is 0 Å². The molecule has 0 spiro atoms. The minimum Gasteiger partial charge on any atom is -0.374 e. The first kappa shape index (κ1) is 18.6. The molecule has 0 radical (unpaired) electrons. The molecule has 1 aromatic rings. The van der Waals surface area contributed by atoms with Crippen LogP contribution in [0.2, 0.25) is 5.02 Å². The smallest absolute Gasteiger partial charge is 0.190 e. The van der Waals surface area contributed by atoms with Gasteiger partial charge in [0.15, 0.2) is 17.9 Å². The molecule has 3 fully saturated rings. The maximum atomic E-state index is 6.18. The fourth-order valence-corrected chi connectivity index (χ4v) is 3.92. The third-order valence-corrected chi connectivity index (χ3v) is 5.12. The largest absolute Gasteiger partial charge is 0.374 e. The molecule has 3 heterocycles. The van der Waals surface area contributed by atoms with E-state index in [4.69, 9.17) is 40.0 Å². The van der Waals surface area contributed by atoms with E-state index in [1.54, 1.807) is 0 Å². The van der Waals surface area contributed by atoms with Crippen molar-refractivity contribution in [1.29, 1.82) is 0 Å². The number of rotatable bonds is 4. The molecule has 3 aliphatic rings. The Morgan fingerprint density at radius 2 is 1.58 bits per heavy atom. The van der Waals surface area contributed by atoms with Crippen molar-refractivity contribution in [1.82, 2.24) is 0 Å². The van der Waals surface area contributed by atoms with Crippen LogP contribution in [0, 0.1) is 0 Å². The van der Waals surface area contributed by atoms with Gasteiger partial charge in [0, 0.05) is 5.02 Å². The minimum atomic E-state index is -0.719. The molecule has 4 rings (SSSR count). The number of fused-ring (bicyclic) bond motifs is 3. The molecule has 3 saturated heterocycles. The topological polar surface area (TPSA) is 55.4 Å². The highest BCUT2D eigenvalue weighted by molar-refractivity contribution is 6.31. The van der Waals surface area contributed by atoms with E-state index < -0.39 is 17.9 Å². The molecule has 26 heavy (non-hydrogen) atoms. The summed E-state index contributed by atoms with van der Waals surface area (Å²) >= 11 is 6.18. The van der Waals surface area contributed by atoms with Crippen molar-refractivity contribution in [3.63, 3.8) is 0 Å². The van der Waals surface area contributed by atoms with Gasteiger partial charge in [-0.15, -0.1) is 0 Å². The highest BCUT2D eigenvalue weighted by atomic mass is 35.5. The van der Waals surface area contributed by atoms with Crippen LogP contribution in [0.1, 0.15) is 33.3 Å². The van der Waals surface area contributed by atoms with Crippen molar-refractivity contribution in [2.24, 2.45) is 0 Å². The highest BCUT2D eigenvalue weighted by Gasteiger charge is 2.60. The number of hydrogen-bond acceptors (Lipinski definition) is 6. The fraction of sp³-hybridized carbons (Fsp3) is 0.684. The van der Waals surface area contributed by atoms with Gasteiger partial charge >= 0.3 is 0 Å². The molecule has 7 heteroatoms. The molecule has 1 unspecified atom stereocenters. The van der Waals surface area contributed by atoms with Gasteiger partial charge in [0.1, 0.15) is 24.4 Å². The molecule has 5 atom stereocenters. The number of ether oxygens (including phenoxy) is 6. The minimum absolute atomic E-state index is 0.264. The lowest BCUT2D eigenvalue weighted by Crippen LogP contribution is -2.56. The zero-order chi connectivity index (χ0) is 18.5. The van der Waals surface area contributed by atoms with Crippen LogP contribution in [-0.2, 0) is 35.0 Å². The first-order valence-electron chi connectivity index (χ1n) is 8.92. The van der Waals surface area contributed by atoms with Crippen LogP contribution in [0.4, 0.5) is 0 Å². The van der Waals surface area contributed by atoms with Gasteiger partial charge in [0.2, 0.25) is 0 Å². The molecule has 0 N–H and O–H groups in total. The SMILES string of the molecule is CC1(C)O[C@@H]2[C@H](O1)[C@H]1OC(C)(C)OC1O[C@@H]2COCc1ccccc1Cl. The van der Waals surface area contributed by atoms with E-state index in [-0.39, 0.29) is 24.4 Å². The summed E-state index contributed by atoms with van der Waals surface area (Å²) in [5, 5.41) is 0.686. The van der Waals surface area contributed by atoms with Gasteiger partial charge in [0.05, 0.1) is 13.2 Å². The van der Waals surface area contributed by atoms with E-state index in [0.717, 1.165) is 5.56 Å². The summed E-state index contributed by atoms with van der Waals surface area (Å²) in [6.07, 6.45) is -1.69. The molecule has 144 valence electrons. The first-order valence-corrected chi connectivity index (χ1v) is 9.30. The second kappa shape index (κ2) is 6.71. The number of benzene rings is 1. The fourth-order valence-electron chi connectivity index (χ4n) is 3.73. The van der Waals surface area contributed by atoms with Crippen LogP contribution in [0.5, 0.6) is 0 Å². The van der Waals surface area contributed by atoms with Crippen molar-refractivity contribution >= 4 is 11.6 Å². The molecule has 1 aromatic carbocycles. The summed E-state index contributed by atoms with van der Waals surface area (Å²) in [4.78, 5) is 0. The van der Waals surface area contributed by atoms with Crippen molar-refractivity contribution in [3.8, 4) is 0 Å². The predicted octanol–water partition coefficient (Wildman–Crippen LogP) is 3.25. The zero-order valence-corrected chi connectivity index (χ0v) is 16.2. The van der Waals surface area contributed by atoms with Crippen LogP contribution in [0.15, 0.2) is 24.3 Å². The lowest BCUT2D eigenvalue weighted by molar-refractivity contribution is -0.243. The maximum absolute atomic E-state index is 6.18. The third kappa shape index (κ3) is 3.64. The second-order valence-electron chi connectivity index (χ2n) is 7.81. The molecule has 0 saturated carbocycles. The van der Waals surface area contributed by atoms with Crippen molar-refractivity contribution in [2.45, 2.75) is 76.6 Å². The van der Waals surface area contributed by atoms with Crippen LogP contribution in [-0.4, -0.2) is 48.9 Å². The maximum Gasteiger partial charge on any atom is 0.190 e. The van der Waals surface area contributed by atoms with Crippen molar-refractivity contribution in [3.05, 3.63) is 34.9 Å². The van der Waals surface area contributed by atoms with Crippen LogP contribution >= 0.6 is 11.6 Å². The Morgan fingerprint density at radius 1 is 0.923 bits per heavy atom. The van der Waals surface area contributed by atoms with Crippen LogP contribution in [0.3, 0.4) is 0 Å². The second-order valence-corrected chi connectivity index (χ2v) is 8.22. The van der Waals surface area contributed by atoms with Gasteiger partial charge in [-0.1, -0.05) is 29.8 Å². The van der Waals surface area contributed by atoms with Gasteiger partial charge in [-0.2, -0.15) is 0 Å². The normalized spacial score (nSPS) is 37.3. The van der Waals surface area contributed by atoms with Gasteiger partial charge in [-0.3, -0.25) is 0 Å². The number of hydrogen-bond donors (Lipinski definition) is 0. The van der Waals surface area contributed by atoms with Gasteiger partial charge in [0.25, 0.3) is 0 Å². The Balaban J connectivity index is 1.45. The average Bonchev–Trinajstić information content (AvgIpc) is 3.03. The van der Waals surface area contributed by atoms with Crippen LogP contribution < -0.4 is 0 Å². The zero-order valence-electron chi connectivity index (χ0n) is 15.4. The Morgan fingerprint density at radius 3 is 2.35 bits per heavy atom. The van der Waals surface area contributed by atoms with E-state index >= 15 is 0 Å². The standard InChI is InChI=1S/C19H25ClO6/c1-18(2)23-14-13(10-21-9-11-7-5-6-8-12(11)20)22-17-16(15(14)24-18)25-19(3,4)26-17/h5-8,13-17H,9-10H2,1-4H3/t13-,14+,15+,16-,17?/m1/s1. The highest BCUT2D eigenvalue weighted by Crippen LogP contribution is 2.44. The van der Waals surface area contributed by atoms with Gasteiger partial charge in [-0.25, -0.2) is 0 Å².